The summed E-state index contributed by atoms with van der Waals surface area (Å²) in [4.78, 5) is 39.3. The minimum atomic E-state index is -0.687. The maximum atomic E-state index is 11.7. The van der Waals surface area contributed by atoms with Crippen molar-refractivity contribution in [2.45, 2.75) is 31.2 Å². The molecule has 2 amide bonds. The predicted molar refractivity (Wildman–Crippen MR) is 123 cm³/mol. The number of carbonyl (C=O) groups is 2. The van der Waals surface area contributed by atoms with Crippen LogP contribution in [0.1, 0.15) is 25.7 Å². The van der Waals surface area contributed by atoms with E-state index in [2.05, 4.69) is 25.2 Å². The molecule has 1 saturated carbocycles. The van der Waals surface area contributed by atoms with E-state index in [1.165, 1.54) is 0 Å². The quantitative estimate of drug-likeness (QED) is 0.625. The SMILES string of the molecule is N[C@]1(C2CCN(c3ncc(Cl)cn3)CC2)C[C@H]1CCNc1ccc(N2C(=O)COC2=O)nc1. The highest BCUT2D eigenvalue weighted by atomic mass is 35.5. The number of rotatable bonds is 7. The van der Waals surface area contributed by atoms with Gasteiger partial charge in [-0.2, -0.15) is 4.90 Å². The molecular formula is C22H26ClN7O3. The largest absolute Gasteiger partial charge is 0.439 e. The van der Waals surface area contributed by atoms with Crippen LogP contribution in [0.5, 0.6) is 0 Å². The third-order valence-electron chi connectivity index (χ3n) is 6.89. The van der Waals surface area contributed by atoms with Gasteiger partial charge in [0, 0.05) is 25.2 Å². The zero-order valence-electron chi connectivity index (χ0n) is 18.1. The molecule has 10 nitrogen and oxygen atoms in total. The number of nitrogens with two attached hydrogens (primary N) is 1. The number of amides is 2. The van der Waals surface area contributed by atoms with Gasteiger partial charge >= 0.3 is 6.09 Å². The lowest BCUT2D eigenvalue weighted by Gasteiger charge is -2.35. The average Bonchev–Trinajstić information content (AvgIpc) is 3.38. The highest BCUT2D eigenvalue weighted by Crippen LogP contribution is 2.51. The van der Waals surface area contributed by atoms with E-state index >= 15 is 0 Å². The Balaban J connectivity index is 1.07. The number of hydrogen-bond acceptors (Lipinski definition) is 9. The third kappa shape index (κ3) is 4.45. The molecule has 2 aromatic rings. The molecule has 2 aromatic heterocycles. The zero-order valence-corrected chi connectivity index (χ0v) is 18.9. The number of halogens is 1. The van der Waals surface area contributed by atoms with Gasteiger partial charge in [0.1, 0.15) is 5.82 Å². The van der Waals surface area contributed by atoms with Crippen LogP contribution in [-0.4, -0.2) is 58.7 Å². The van der Waals surface area contributed by atoms with E-state index in [4.69, 9.17) is 22.1 Å². The fourth-order valence-corrected chi connectivity index (χ4v) is 5.01. The number of ether oxygens (including phenoxy) is 1. The van der Waals surface area contributed by atoms with Gasteiger partial charge in [-0.3, -0.25) is 4.79 Å². The van der Waals surface area contributed by atoms with E-state index in [0.717, 1.165) is 61.9 Å². The summed E-state index contributed by atoms with van der Waals surface area (Å²) in [6, 6.07) is 3.44. The predicted octanol–water partition coefficient (Wildman–Crippen LogP) is 2.44. The number of hydrogen-bond donors (Lipinski definition) is 2. The number of nitrogens with one attached hydrogen (secondary N) is 1. The maximum absolute atomic E-state index is 11.7. The van der Waals surface area contributed by atoms with E-state index in [1.54, 1.807) is 30.7 Å². The smallest absolute Gasteiger partial charge is 0.423 e. The van der Waals surface area contributed by atoms with E-state index in [9.17, 15) is 9.59 Å². The van der Waals surface area contributed by atoms with E-state index < -0.39 is 12.0 Å². The van der Waals surface area contributed by atoms with Crippen molar-refractivity contribution in [2.75, 3.05) is 41.4 Å². The van der Waals surface area contributed by atoms with Gasteiger partial charge in [-0.15, -0.1) is 0 Å². The van der Waals surface area contributed by atoms with E-state index in [0.29, 0.717) is 16.9 Å². The van der Waals surface area contributed by atoms with Crippen LogP contribution in [-0.2, 0) is 9.53 Å². The summed E-state index contributed by atoms with van der Waals surface area (Å²) in [7, 11) is 0. The first kappa shape index (κ1) is 21.8. The van der Waals surface area contributed by atoms with Crippen LogP contribution < -0.4 is 20.9 Å². The number of imide groups is 1. The molecule has 174 valence electrons. The lowest BCUT2D eigenvalue weighted by atomic mass is 9.86. The Morgan fingerprint density at radius 2 is 1.91 bits per heavy atom. The van der Waals surface area contributed by atoms with Crippen molar-refractivity contribution in [2.24, 2.45) is 17.6 Å². The maximum Gasteiger partial charge on any atom is 0.423 e. The second kappa shape index (κ2) is 8.75. The standard InChI is InChI=1S/C22H26ClN7O3/c23-16-10-27-20(28-11-16)29-7-4-14(5-8-29)22(24)9-15(22)3-6-25-17-1-2-18(26-12-17)30-19(31)13-33-21(30)32/h1-2,10-12,14-15,25H,3-9,13,24H2/t15-,22+/m1/s1. The second-order valence-electron chi connectivity index (χ2n) is 8.88. The number of cyclic esters (lactones) is 1. The molecule has 33 heavy (non-hydrogen) atoms. The third-order valence-corrected chi connectivity index (χ3v) is 7.09. The molecular weight excluding hydrogens is 446 g/mol. The molecule has 0 spiro atoms. The van der Waals surface area contributed by atoms with Crippen LogP contribution in [0.3, 0.4) is 0 Å². The Morgan fingerprint density at radius 1 is 1.15 bits per heavy atom. The van der Waals surface area contributed by atoms with Crippen molar-refractivity contribution < 1.29 is 14.3 Å². The van der Waals surface area contributed by atoms with Crippen molar-refractivity contribution in [1.82, 2.24) is 15.0 Å². The molecule has 11 heteroatoms. The lowest BCUT2D eigenvalue weighted by Crippen LogP contribution is -2.44. The van der Waals surface area contributed by atoms with Gasteiger partial charge < -0.3 is 20.7 Å². The first-order valence-electron chi connectivity index (χ1n) is 11.1. The van der Waals surface area contributed by atoms with Crippen molar-refractivity contribution in [1.29, 1.82) is 0 Å². The van der Waals surface area contributed by atoms with Gasteiger partial charge in [0.05, 0.1) is 29.3 Å². The first-order chi connectivity index (χ1) is 15.9. The van der Waals surface area contributed by atoms with Crippen LogP contribution in [0.15, 0.2) is 30.7 Å². The van der Waals surface area contributed by atoms with Crippen molar-refractivity contribution in [3.05, 3.63) is 35.7 Å². The molecule has 5 rings (SSSR count). The summed E-state index contributed by atoms with van der Waals surface area (Å²) >= 11 is 5.88. The Kier molecular flexibility index (Phi) is 5.79. The van der Waals surface area contributed by atoms with Crippen LogP contribution in [0.2, 0.25) is 5.02 Å². The first-order valence-corrected chi connectivity index (χ1v) is 11.5. The van der Waals surface area contributed by atoms with Gasteiger partial charge in [-0.25, -0.2) is 19.7 Å². The summed E-state index contributed by atoms with van der Waals surface area (Å²) < 4.78 is 4.72. The fourth-order valence-electron chi connectivity index (χ4n) is 4.91. The molecule has 0 unspecified atom stereocenters. The molecule has 2 atom stereocenters. The molecule has 3 fully saturated rings. The minimum Gasteiger partial charge on any atom is -0.439 e. The topological polar surface area (TPSA) is 127 Å². The van der Waals surface area contributed by atoms with Gasteiger partial charge in [-0.05, 0) is 49.7 Å². The summed E-state index contributed by atoms with van der Waals surface area (Å²) in [6.45, 7) is 2.35. The Hall–Kier alpha value is -2.98. The number of piperidine rings is 1. The molecule has 3 aliphatic rings. The monoisotopic (exact) mass is 471 g/mol. The van der Waals surface area contributed by atoms with Gasteiger partial charge in [0.15, 0.2) is 6.61 Å². The molecule has 2 saturated heterocycles. The molecule has 4 heterocycles. The molecule has 0 radical (unpaired) electrons. The summed E-state index contributed by atoms with van der Waals surface area (Å²) in [5.41, 5.74) is 7.52. The number of anilines is 3. The van der Waals surface area contributed by atoms with E-state index in [1.807, 2.05) is 0 Å². The van der Waals surface area contributed by atoms with Gasteiger partial charge in [0.2, 0.25) is 5.95 Å². The summed E-state index contributed by atoms with van der Waals surface area (Å²) in [6.07, 6.45) is 8.30. The molecule has 2 aliphatic heterocycles. The van der Waals surface area contributed by atoms with Crippen LogP contribution in [0, 0.1) is 11.8 Å². The number of aromatic nitrogens is 3. The van der Waals surface area contributed by atoms with Crippen LogP contribution >= 0.6 is 11.6 Å². The molecule has 3 N–H and O–H groups in total. The molecule has 0 aromatic carbocycles. The van der Waals surface area contributed by atoms with Crippen LogP contribution in [0.25, 0.3) is 0 Å². The highest BCUT2D eigenvalue weighted by Gasteiger charge is 2.55. The van der Waals surface area contributed by atoms with Gasteiger partial charge in [0.25, 0.3) is 5.91 Å². The van der Waals surface area contributed by atoms with Gasteiger partial charge in [-0.1, -0.05) is 11.6 Å². The molecule has 0 bridgehead atoms. The minimum absolute atomic E-state index is 0.0901. The van der Waals surface area contributed by atoms with Crippen molar-refractivity contribution >= 4 is 41.1 Å². The summed E-state index contributed by atoms with van der Waals surface area (Å²) in [5.74, 6) is 1.59. The second-order valence-corrected chi connectivity index (χ2v) is 9.32. The highest BCUT2D eigenvalue weighted by molar-refractivity contribution is 6.30. The lowest BCUT2D eigenvalue weighted by molar-refractivity contribution is -0.117. The number of nitrogens with zero attached hydrogens (tertiary/aromatic N) is 5. The fraction of sp³-hybridized carbons (Fsp3) is 0.500. The Morgan fingerprint density at radius 3 is 2.55 bits per heavy atom. The van der Waals surface area contributed by atoms with E-state index in [-0.39, 0.29) is 18.0 Å². The number of carbonyl (C=O) groups excluding carboxylic acids is 2. The number of pyridine rings is 1. The normalized spacial score (nSPS) is 25.3. The molecule has 1 aliphatic carbocycles. The van der Waals surface area contributed by atoms with Crippen molar-refractivity contribution in [3.63, 3.8) is 0 Å². The summed E-state index contributed by atoms with van der Waals surface area (Å²) in [5, 5.41) is 3.90. The van der Waals surface area contributed by atoms with Crippen molar-refractivity contribution in [3.8, 4) is 0 Å². The average molecular weight is 472 g/mol. The Bertz CT molecular complexity index is 1010. The Labute approximate surface area is 196 Å². The zero-order chi connectivity index (χ0) is 23.0. The van der Waals surface area contributed by atoms with Crippen LogP contribution in [0.4, 0.5) is 22.2 Å².